The van der Waals surface area contributed by atoms with Crippen molar-refractivity contribution in [3.05, 3.63) is 82.4 Å². The fourth-order valence-electron chi connectivity index (χ4n) is 4.77. The van der Waals surface area contributed by atoms with Gasteiger partial charge in [-0.1, -0.05) is 26.0 Å². The van der Waals surface area contributed by atoms with E-state index >= 15 is 0 Å². The lowest BCUT2D eigenvalue weighted by atomic mass is 9.81. The summed E-state index contributed by atoms with van der Waals surface area (Å²) < 4.78 is 16.2. The number of aryl methyl sites for hydroxylation is 1. The number of nitrogens with zero attached hydrogens (tertiary/aromatic N) is 4. The van der Waals surface area contributed by atoms with E-state index in [0.717, 1.165) is 38.9 Å². The molecular formula is C28H23FN4O2. The molecule has 0 unspecified atom stereocenters. The van der Waals surface area contributed by atoms with Crippen LogP contribution in [0.5, 0.6) is 0 Å². The van der Waals surface area contributed by atoms with Crippen LogP contribution in [-0.2, 0) is 12.0 Å². The zero-order chi connectivity index (χ0) is 24.9. The maximum Gasteiger partial charge on any atom is 0.335 e. The van der Waals surface area contributed by atoms with Crippen LogP contribution in [0.25, 0.3) is 27.8 Å². The van der Waals surface area contributed by atoms with Gasteiger partial charge >= 0.3 is 5.97 Å². The van der Waals surface area contributed by atoms with Crippen LogP contribution >= 0.6 is 0 Å². The van der Waals surface area contributed by atoms with Crippen molar-refractivity contribution >= 4 is 23.1 Å². The largest absolute Gasteiger partial charge is 0.478 e. The van der Waals surface area contributed by atoms with E-state index in [2.05, 4.69) is 28.2 Å². The number of hydrogen-bond acceptors (Lipinski definition) is 4. The molecule has 0 spiro atoms. The Balaban J connectivity index is 1.93. The van der Waals surface area contributed by atoms with E-state index in [1.165, 1.54) is 6.20 Å². The fourth-order valence-corrected chi connectivity index (χ4v) is 4.77. The molecule has 0 amide bonds. The van der Waals surface area contributed by atoms with Gasteiger partial charge in [0, 0.05) is 34.7 Å². The Bertz CT molecular complexity index is 1570. The molecule has 1 aliphatic heterocycles. The molecule has 0 saturated carbocycles. The van der Waals surface area contributed by atoms with Crippen molar-refractivity contribution < 1.29 is 14.3 Å². The van der Waals surface area contributed by atoms with Gasteiger partial charge in [-0.25, -0.2) is 14.2 Å². The molecule has 6 nitrogen and oxygen atoms in total. The fraction of sp³-hybridized carbons (Fsp3) is 0.214. The maximum atomic E-state index is 14.2. The normalized spacial score (nSPS) is 12.7. The topological polar surface area (TPSA) is 91.3 Å². The summed E-state index contributed by atoms with van der Waals surface area (Å²) in [4.78, 5) is 20.3. The molecule has 7 heteroatoms. The van der Waals surface area contributed by atoms with Crippen molar-refractivity contribution in [2.45, 2.75) is 39.2 Å². The lowest BCUT2D eigenvalue weighted by molar-refractivity contribution is 0.0697. The summed E-state index contributed by atoms with van der Waals surface area (Å²) in [6, 6.07) is 14.9. The molecule has 0 radical (unpaired) electrons. The minimum Gasteiger partial charge on any atom is -0.478 e. The molecule has 0 aliphatic carbocycles. The number of carbonyl (C=O) groups is 1. The molecule has 0 saturated heterocycles. The third-order valence-electron chi connectivity index (χ3n) is 6.56. The van der Waals surface area contributed by atoms with Crippen LogP contribution in [0, 0.1) is 24.1 Å². The van der Waals surface area contributed by atoms with Crippen molar-refractivity contribution in [2.75, 3.05) is 0 Å². The first-order valence-corrected chi connectivity index (χ1v) is 11.3. The number of aliphatic imine (C=N–C) groups is 1. The highest BCUT2D eigenvalue weighted by atomic mass is 19.1. The molecule has 174 valence electrons. The summed E-state index contributed by atoms with van der Waals surface area (Å²) in [5, 5.41) is 20.0. The number of pyridine rings is 1. The van der Waals surface area contributed by atoms with Gasteiger partial charge in [-0.3, -0.25) is 9.56 Å². The minimum atomic E-state index is -0.995. The number of nitriles is 1. The molecule has 2 aromatic heterocycles. The molecular weight excluding hydrogens is 443 g/mol. The van der Waals surface area contributed by atoms with E-state index in [4.69, 9.17) is 0 Å². The zero-order valence-corrected chi connectivity index (χ0v) is 19.6. The molecule has 0 bridgehead atoms. The first-order chi connectivity index (χ1) is 16.7. The SMILES string of the molecule is Cc1cc(-n2c(C(C)(C)CC#N)c(-c3ccc(C(=O)O)cc3)c3cc4c(cc32)C=NC4)ncc1F. The Morgan fingerprint density at radius 3 is 2.63 bits per heavy atom. The number of fused-ring (bicyclic) bond motifs is 2. The van der Waals surface area contributed by atoms with Gasteiger partial charge in [-0.2, -0.15) is 5.26 Å². The summed E-state index contributed by atoms with van der Waals surface area (Å²) in [7, 11) is 0. The minimum absolute atomic E-state index is 0.195. The van der Waals surface area contributed by atoms with Crippen LogP contribution in [-0.4, -0.2) is 26.8 Å². The average molecular weight is 467 g/mol. The van der Waals surface area contributed by atoms with Gasteiger partial charge in [0.25, 0.3) is 0 Å². The van der Waals surface area contributed by atoms with Crippen LogP contribution in [0.3, 0.4) is 0 Å². The van der Waals surface area contributed by atoms with Crippen molar-refractivity contribution in [2.24, 2.45) is 4.99 Å². The van der Waals surface area contributed by atoms with Gasteiger partial charge in [-0.05, 0) is 59.5 Å². The Kier molecular flexibility index (Phi) is 5.25. The average Bonchev–Trinajstić information content (AvgIpc) is 3.41. The van der Waals surface area contributed by atoms with E-state index in [1.807, 2.05) is 24.6 Å². The number of carboxylic acids is 1. The number of benzene rings is 2. The van der Waals surface area contributed by atoms with E-state index in [0.29, 0.717) is 17.9 Å². The molecule has 1 N–H and O–H groups in total. The first-order valence-electron chi connectivity index (χ1n) is 11.3. The van der Waals surface area contributed by atoms with Crippen molar-refractivity contribution in [3.63, 3.8) is 0 Å². The second kappa shape index (κ2) is 8.17. The van der Waals surface area contributed by atoms with Crippen molar-refractivity contribution in [1.82, 2.24) is 9.55 Å². The van der Waals surface area contributed by atoms with Gasteiger partial charge in [0.1, 0.15) is 11.6 Å². The number of hydrogen-bond donors (Lipinski definition) is 1. The van der Waals surface area contributed by atoms with Crippen LogP contribution in [0.4, 0.5) is 4.39 Å². The van der Waals surface area contributed by atoms with E-state index in [1.54, 1.807) is 37.3 Å². The Morgan fingerprint density at radius 2 is 1.97 bits per heavy atom. The van der Waals surface area contributed by atoms with E-state index in [-0.39, 0.29) is 17.8 Å². The van der Waals surface area contributed by atoms with Gasteiger partial charge < -0.3 is 5.11 Å². The molecule has 0 atom stereocenters. The van der Waals surface area contributed by atoms with Gasteiger partial charge in [0.2, 0.25) is 0 Å². The van der Waals surface area contributed by atoms with Crippen molar-refractivity contribution in [1.29, 1.82) is 5.26 Å². The quantitative estimate of drug-likeness (QED) is 0.393. The third kappa shape index (κ3) is 3.68. The number of halogens is 1. The van der Waals surface area contributed by atoms with Gasteiger partial charge in [0.15, 0.2) is 0 Å². The summed E-state index contributed by atoms with van der Waals surface area (Å²) >= 11 is 0. The summed E-state index contributed by atoms with van der Waals surface area (Å²) in [5.74, 6) is -0.830. The van der Waals surface area contributed by atoms with Crippen molar-refractivity contribution in [3.8, 4) is 23.0 Å². The Labute approximate surface area is 202 Å². The second-order valence-electron chi connectivity index (χ2n) is 9.49. The second-order valence-corrected chi connectivity index (χ2v) is 9.49. The predicted molar refractivity (Wildman–Crippen MR) is 133 cm³/mol. The van der Waals surface area contributed by atoms with E-state index in [9.17, 15) is 19.6 Å². The number of carboxylic acid groups (broad SMARTS) is 1. The van der Waals surface area contributed by atoms with Crippen LogP contribution < -0.4 is 0 Å². The van der Waals surface area contributed by atoms with Crippen LogP contribution in [0.1, 0.15) is 53.0 Å². The van der Waals surface area contributed by atoms with Gasteiger partial charge in [0.05, 0.1) is 29.9 Å². The molecule has 1 aliphatic rings. The Morgan fingerprint density at radius 1 is 1.23 bits per heavy atom. The van der Waals surface area contributed by atoms with Gasteiger partial charge in [-0.15, -0.1) is 0 Å². The number of aromatic carboxylic acids is 1. The number of aromatic nitrogens is 2. The molecule has 2 aromatic carbocycles. The summed E-state index contributed by atoms with van der Waals surface area (Å²) in [6.07, 6.45) is 3.30. The highest BCUT2D eigenvalue weighted by Gasteiger charge is 2.33. The van der Waals surface area contributed by atoms with Crippen LogP contribution in [0.15, 0.2) is 53.7 Å². The highest BCUT2D eigenvalue weighted by molar-refractivity contribution is 6.03. The standard InChI is InChI=1S/C28H23FN4O2/c1-16-10-24(32-15-22(16)29)33-23-12-20-14-31-13-19(20)11-21(23)25(26(33)28(2,3)8-9-30)17-4-6-18(7-5-17)27(34)35/h4-7,10-12,14-15H,8,13H2,1-3H3,(H,34,35). The molecule has 3 heterocycles. The molecule has 5 rings (SSSR count). The first kappa shape index (κ1) is 22.5. The zero-order valence-electron chi connectivity index (χ0n) is 19.6. The molecule has 0 fully saturated rings. The monoisotopic (exact) mass is 466 g/mol. The lowest BCUT2D eigenvalue weighted by Gasteiger charge is -2.26. The smallest absolute Gasteiger partial charge is 0.335 e. The predicted octanol–water partition coefficient (Wildman–Crippen LogP) is 5.96. The molecule has 4 aromatic rings. The maximum absolute atomic E-state index is 14.2. The highest BCUT2D eigenvalue weighted by Crippen LogP contribution is 2.45. The lowest BCUT2D eigenvalue weighted by Crippen LogP contribution is -2.22. The van der Waals surface area contributed by atoms with Crippen LogP contribution in [0.2, 0.25) is 0 Å². The number of rotatable bonds is 5. The molecule has 35 heavy (non-hydrogen) atoms. The van der Waals surface area contributed by atoms with E-state index < -0.39 is 11.4 Å². The Hall–Kier alpha value is -4.31. The summed E-state index contributed by atoms with van der Waals surface area (Å²) in [5.41, 5.74) is 5.62. The summed E-state index contributed by atoms with van der Waals surface area (Å²) in [6.45, 7) is 6.28. The third-order valence-corrected chi connectivity index (χ3v) is 6.56.